The summed E-state index contributed by atoms with van der Waals surface area (Å²) in [5, 5.41) is 7.75. The monoisotopic (exact) mass is 684 g/mol. The number of rotatable bonds is 4. The molecular weight excluding hydrogens is 661 g/mol. The van der Waals surface area contributed by atoms with E-state index in [2.05, 4.69) is 54.6 Å². The van der Waals surface area contributed by atoms with Gasteiger partial charge in [0.25, 0.3) is 0 Å². The summed E-state index contributed by atoms with van der Waals surface area (Å²) in [6.07, 6.45) is 0. The van der Waals surface area contributed by atoms with Crippen LogP contribution in [0.2, 0.25) is 0 Å². The Labute approximate surface area is 325 Å². The number of benzene rings is 8. The SMILES string of the molecule is [B]c1c(-c2ccc3c4ccccc4c4ccccc4c3c2)c([B])c2c(oc3c([B])c([B])c([B])c(-c4nc(-c5ccccc5)cc(-c5ccccc5)n4)c32)c1[B]. The van der Waals surface area contributed by atoms with Gasteiger partial charge in [-0.15, -0.1) is 5.46 Å². The van der Waals surface area contributed by atoms with E-state index in [-0.39, 0.29) is 38.5 Å². The predicted molar refractivity (Wildman–Crippen MR) is 236 cm³/mol. The van der Waals surface area contributed by atoms with Gasteiger partial charge in [0, 0.05) is 27.5 Å². The highest BCUT2D eigenvalue weighted by Gasteiger charge is 2.26. The highest BCUT2D eigenvalue weighted by molar-refractivity contribution is 6.65. The molecule has 2 heterocycles. The zero-order chi connectivity index (χ0) is 37.5. The third kappa shape index (κ3) is 5.06. The molecule has 9 heteroatoms. The van der Waals surface area contributed by atoms with Crippen LogP contribution in [0.3, 0.4) is 0 Å². The molecule has 10 rings (SSSR count). The molecule has 0 atom stereocenters. The lowest BCUT2D eigenvalue weighted by Gasteiger charge is -2.19. The van der Waals surface area contributed by atoms with Crippen LogP contribution in [0.5, 0.6) is 0 Å². The maximum absolute atomic E-state index is 7.26. The summed E-state index contributed by atoms with van der Waals surface area (Å²) < 4.78 is 6.47. The number of furan rings is 1. The first kappa shape index (κ1) is 33.4. The zero-order valence-electron chi connectivity index (χ0n) is 29.5. The van der Waals surface area contributed by atoms with Crippen molar-refractivity contribution in [3.63, 3.8) is 0 Å². The molecule has 55 heavy (non-hydrogen) atoms. The van der Waals surface area contributed by atoms with E-state index in [1.165, 1.54) is 5.39 Å². The van der Waals surface area contributed by atoms with E-state index in [1.54, 1.807) is 0 Å². The van der Waals surface area contributed by atoms with Gasteiger partial charge >= 0.3 is 0 Å². The molecule has 12 radical (unpaired) electrons. The Morgan fingerprint density at radius 1 is 0.345 bits per heavy atom. The summed E-state index contributed by atoms with van der Waals surface area (Å²) in [7, 11) is 41.2. The first-order valence-electron chi connectivity index (χ1n) is 17.8. The zero-order valence-corrected chi connectivity index (χ0v) is 29.5. The number of hydrogen-bond acceptors (Lipinski definition) is 3. The van der Waals surface area contributed by atoms with Gasteiger partial charge in [-0.25, -0.2) is 9.97 Å². The van der Waals surface area contributed by atoms with Crippen LogP contribution in [-0.4, -0.2) is 57.0 Å². The van der Waals surface area contributed by atoms with Crippen molar-refractivity contribution in [3.05, 3.63) is 133 Å². The normalized spacial score (nSPS) is 11.7. The van der Waals surface area contributed by atoms with Gasteiger partial charge in [0.15, 0.2) is 5.82 Å². The van der Waals surface area contributed by atoms with Crippen LogP contribution in [0.4, 0.5) is 0 Å². The fourth-order valence-electron chi connectivity index (χ4n) is 8.05. The van der Waals surface area contributed by atoms with Crippen molar-refractivity contribution in [3.8, 4) is 45.0 Å². The molecule has 240 valence electrons. The molecule has 0 spiro atoms. The molecule has 0 N–H and O–H groups in total. The van der Waals surface area contributed by atoms with Gasteiger partial charge < -0.3 is 4.42 Å². The van der Waals surface area contributed by atoms with Crippen LogP contribution in [0, 0.1) is 0 Å². The maximum atomic E-state index is 7.26. The molecule has 3 nitrogen and oxygen atoms in total. The lowest BCUT2D eigenvalue weighted by molar-refractivity contribution is 0.675. The minimum Gasteiger partial charge on any atom is -0.457 e. The summed E-state index contributed by atoms with van der Waals surface area (Å²) in [6, 6.07) is 44.8. The Morgan fingerprint density at radius 2 is 0.800 bits per heavy atom. The van der Waals surface area contributed by atoms with Gasteiger partial charge in [-0.1, -0.05) is 149 Å². The average Bonchev–Trinajstić information content (AvgIpc) is 3.64. The second kappa shape index (κ2) is 12.7. The van der Waals surface area contributed by atoms with Gasteiger partial charge in [0.2, 0.25) is 0 Å². The third-order valence-electron chi connectivity index (χ3n) is 10.7. The summed E-state index contributed by atoms with van der Waals surface area (Å²) in [6.45, 7) is 0. The van der Waals surface area contributed by atoms with Gasteiger partial charge in [-0.05, 0) is 55.6 Å². The highest BCUT2D eigenvalue weighted by Crippen LogP contribution is 2.38. The van der Waals surface area contributed by atoms with Gasteiger partial charge in [0.05, 0.1) is 11.4 Å². The summed E-state index contributed by atoms with van der Waals surface area (Å²) in [5.74, 6) is 0.317. The fraction of sp³-hybridized carbons (Fsp3) is 0. The number of fused-ring (bicyclic) bond motifs is 9. The maximum Gasteiger partial charge on any atom is 0.160 e. The van der Waals surface area contributed by atoms with Gasteiger partial charge in [-0.3, -0.25) is 0 Å². The molecule has 0 bridgehead atoms. The first-order chi connectivity index (χ1) is 26.8. The van der Waals surface area contributed by atoms with Crippen molar-refractivity contribution < 1.29 is 4.42 Å². The molecular formula is C46H22B6N2O. The van der Waals surface area contributed by atoms with Crippen molar-refractivity contribution in [2.45, 2.75) is 0 Å². The molecule has 0 amide bonds. The molecule has 0 fully saturated rings. The quantitative estimate of drug-likeness (QED) is 0.188. The Morgan fingerprint density at radius 3 is 1.36 bits per heavy atom. The van der Waals surface area contributed by atoms with Crippen LogP contribution < -0.4 is 32.8 Å². The Balaban J connectivity index is 1.30. The van der Waals surface area contributed by atoms with Crippen LogP contribution in [0.15, 0.2) is 138 Å². The molecule has 2 aromatic heterocycles. The van der Waals surface area contributed by atoms with E-state index in [0.29, 0.717) is 44.6 Å². The van der Waals surface area contributed by atoms with E-state index in [9.17, 15) is 0 Å². The topological polar surface area (TPSA) is 38.9 Å². The molecule has 10 aromatic rings. The highest BCUT2D eigenvalue weighted by atomic mass is 16.3. The smallest absolute Gasteiger partial charge is 0.160 e. The van der Waals surface area contributed by atoms with Crippen molar-refractivity contribution in [1.82, 2.24) is 9.97 Å². The second-order valence-corrected chi connectivity index (χ2v) is 13.8. The van der Waals surface area contributed by atoms with Gasteiger partial charge in [0.1, 0.15) is 58.2 Å². The minimum absolute atomic E-state index is 0.135. The van der Waals surface area contributed by atoms with E-state index in [0.717, 1.165) is 43.6 Å². The Hall–Kier alpha value is -6.19. The van der Waals surface area contributed by atoms with E-state index >= 15 is 0 Å². The molecule has 0 saturated heterocycles. The summed E-state index contributed by atoms with van der Waals surface area (Å²) in [5.41, 5.74) is 6.80. The van der Waals surface area contributed by atoms with Crippen molar-refractivity contribution in [2.75, 3.05) is 0 Å². The lowest BCUT2D eigenvalue weighted by Crippen LogP contribution is -2.40. The third-order valence-corrected chi connectivity index (χ3v) is 10.7. The molecule has 0 aliphatic carbocycles. The van der Waals surface area contributed by atoms with Crippen LogP contribution in [0.25, 0.3) is 99.3 Å². The Kier molecular flexibility index (Phi) is 7.71. The van der Waals surface area contributed by atoms with Crippen molar-refractivity contribution >= 4 is 134 Å². The summed E-state index contributed by atoms with van der Waals surface area (Å²) >= 11 is 0. The van der Waals surface area contributed by atoms with Crippen molar-refractivity contribution in [2.24, 2.45) is 0 Å². The summed E-state index contributed by atoms with van der Waals surface area (Å²) in [4.78, 5) is 10.2. The minimum atomic E-state index is 0.135. The Bertz CT molecular complexity index is 3130. The van der Waals surface area contributed by atoms with E-state index in [1.807, 2.05) is 78.9 Å². The lowest BCUT2D eigenvalue weighted by atomic mass is 9.67. The fourth-order valence-corrected chi connectivity index (χ4v) is 8.05. The first-order valence-corrected chi connectivity index (χ1v) is 17.8. The van der Waals surface area contributed by atoms with E-state index < -0.39 is 0 Å². The average molecular weight is 684 g/mol. The largest absolute Gasteiger partial charge is 0.457 e. The molecule has 0 aliphatic rings. The predicted octanol–water partition coefficient (Wildman–Crippen LogP) is 5.27. The number of hydrogen-bond donors (Lipinski definition) is 0. The van der Waals surface area contributed by atoms with Crippen LogP contribution in [-0.2, 0) is 0 Å². The second-order valence-electron chi connectivity index (χ2n) is 13.8. The van der Waals surface area contributed by atoms with Gasteiger partial charge in [-0.2, -0.15) is 0 Å². The molecule has 0 unspecified atom stereocenters. The van der Waals surface area contributed by atoms with E-state index in [4.69, 9.17) is 61.5 Å². The number of aromatic nitrogens is 2. The van der Waals surface area contributed by atoms with Crippen molar-refractivity contribution in [1.29, 1.82) is 0 Å². The molecule has 8 aromatic carbocycles. The molecule has 0 aliphatic heterocycles. The van der Waals surface area contributed by atoms with Crippen LogP contribution >= 0.6 is 0 Å². The standard InChI is InChI=1S/C46H22B6N2O/c47-38-34(25-19-20-30-28-17-8-7-15-26(28)27-16-9-10-18-29(27)31(30)21-25)39(48)42(51)45-36(38)35-37(40(49)41(50)43(52)44(35)55-45)46-53-32(23-11-3-1-4-12-23)22-33(54-46)24-13-5-2-6-14-24/h1-22H. The number of nitrogens with zero attached hydrogens (tertiary/aromatic N) is 2. The molecule has 0 saturated carbocycles. The van der Waals surface area contributed by atoms with Crippen LogP contribution in [0.1, 0.15) is 0 Å².